The van der Waals surface area contributed by atoms with Crippen molar-refractivity contribution in [1.29, 1.82) is 0 Å². The molecular weight excluding hydrogens is 330 g/mol. The van der Waals surface area contributed by atoms with Crippen molar-refractivity contribution in [2.45, 2.75) is 33.6 Å². The van der Waals surface area contributed by atoms with Crippen LogP contribution >= 0.6 is 15.9 Å². The van der Waals surface area contributed by atoms with Crippen molar-refractivity contribution in [2.75, 3.05) is 11.9 Å². The number of aromatic nitrogens is 2. The topological polar surface area (TPSA) is 47.0 Å². The lowest BCUT2D eigenvalue weighted by atomic mass is 10.2. The smallest absolute Gasteiger partial charge is 0.224 e. The van der Waals surface area contributed by atoms with Crippen LogP contribution in [0.1, 0.15) is 31.7 Å². The summed E-state index contributed by atoms with van der Waals surface area (Å²) in [4.78, 5) is 8.96. The number of hydrogen-bond donors (Lipinski definition) is 1. The lowest BCUT2D eigenvalue weighted by Crippen LogP contribution is -2.05. The van der Waals surface area contributed by atoms with Gasteiger partial charge in [-0.25, -0.2) is 4.98 Å². The number of halogens is 1. The minimum Gasteiger partial charge on any atom is -0.439 e. The van der Waals surface area contributed by atoms with Gasteiger partial charge in [0.15, 0.2) is 0 Å². The summed E-state index contributed by atoms with van der Waals surface area (Å²) < 4.78 is 6.96. The van der Waals surface area contributed by atoms with Gasteiger partial charge in [-0.3, -0.25) is 0 Å². The number of rotatable bonds is 6. The molecule has 112 valence electrons. The van der Waals surface area contributed by atoms with E-state index in [1.54, 1.807) is 0 Å². The van der Waals surface area contributed by atoms with Gasteiger partial charge in [0.1, 0.15) is 17.4 Å². The Bertz CT molecular complexity index is 592. The first-order chi connectivity index (χ1) is 10.1. The minimum absolute atomic E-state index is 0.579. The van der Waals surface area contributed by atoms with E-state index in [2.05, 4.69) is 38.1 Å². The summed E-state index contributed by atoms with van der Waals surface area (Å²) in [6, 6.07) is 7.76. The predicted octanol–water partition coefficient (Wildman–Crippen LogP) is 4.72. The van der Waals surface area contributed by atoms with Gasteiger partial charge >= 0.3 is 0 Å². The van der Waals surface area contributed by atoms with Crippen molar-refractivity contribution in [3.63, 3.8) is 0 Å². The maximum atomic E-state index is 5.93. The third-order valence-electron chi connectivity index (χ3n) is 2.93. The summed E-state index contributed by atoms with van der Waals surface area (Å²) in [7, 11) is 0. The summed E-state index contributed by atoms with van der Waals surface area (Å²) in [5.74, 6) is 3.00. The molecule has 0 spiro atoms. The van der Waals surface area contributed by atoms with E-state index in [4.69, 9.17) is 4.74 Å². The molecule has 1 heterocycles. The van der Waals surface area contributed by atoms with E-state index in [-0.39, 0.29) is 0 Å². The maximum Gasteiger partial charge on any atom is 0.224 e. The zero-order valence-corrected chi connectivity index (χ0v) is 14.2. The molecule has 0 amide bonds. The normalized spacial score (nSPS) is 10.5. The summed E-state index contributed by atoms with van der Waals surface area (Å²) in [6.45, 7) is 6.99. The highest BCUT2D eigenvalue weighted by Crippen LogP contribution is 2.27. The van der Waals surface area contributed by atoms with Gasteiger partial charge < -0.3 is 10.1 Å². The Morgan fingerprint density at radius 2 is 2.00 bits per heavy atom. The molecular formula is C16H20BrN3O. The number of aryl methyl sites for hydroxylation is 2. The molecule has 1 aromatic carbocycles. The van der Waals surface area contributed by atoms with Crippen molar-refractivity contribution in [2.24, 2.45) is 0 Å². The van der Waals surface area contributed by atoms with Crippen LogP contribution in [0.2, 0.25) is 0 Å². The van der Waals surface area contributed by atoms with E-state index in [0.717, 1.165) is 46.8 Å². The van der Waals surface area contributed by atoms with Crippen LogP contribution in [-0.2, 0) is 6.42 Å². The van der Waals surface area contributed by atoms with Gasteiger partial charge in [-0.05, 0) is 44.0 Å². The quantitative estimate of drug-likeness (QED) is 0.819. The molecule has 21 heavy (non-hydrogen) atoms. The molecule has 2 rings (SSSR count). The Morgan fingerprint density at radius 1 is 1.19 bits per heavy atom. The van der Waals surface area contributed by atoms with Crippen molar-refractivity contribution in [1.82, 2.24) is 9.97 Å². The van der Waals surface area contributed by atoms with E-state index in [0.29, 0.717) is 5.88 Å². The third-order valence-corrected chi connectivity index (χ3v) is 3.43. The molecule has 2 aromatic rings. The predicted molar refractivity (Wildman–Crippen MR) is 89.1 cm³/mol. The summed E-state index contributed by atoms with van der Waals surface area (Å²) in [5, 5.41) is 3.22. The zero-order valence-electron chi connectivity index (χ0n) is 12.6. The average Bonchev–Trinajstić information content (AvgIpc) is 2.42. The van der Waals surface area contributed by atoms with Crippen LogP contribution in [0.4, 0.5) is 5.82 Å². The zero-order chi connectivity index (χ0) is 15.2. The van der Waals surface area contributed by atoms with Crippen LogP contribution in [-0.4, -0.2) is 16.5 Å². The molecule has 0 aliphatic carbocycles. The highest BCUT2D eigenvalue weighted by Gasteiger charge is 2.08. The molecule has 0 aliphatic rings. The van der Waals surface area contributed by atoms with E-state index >= 15 is 0 Å². The van der Waals surface area contributed by atoms with Crippen molar-refractivity contribution >= 4 is 21.7 Å². The Balaban J connectivity index is 2.29. The molecule has 1 N–H and O–H groups in total. The first kappa shape index (κ1) is 15.8. The fourth-order valence-electron chi connectivity index (χ4n) is 1.97. The first-order valence-electron chi connectivity index (χ1n) is 7.18. The van der Waals surface area contributed by atoms with Gasteiger partial charge in [0, 0.05) is 23.5 Å². The van der Waals surface area contributed by atoms with Crippen LogP contribution in [0.5, 0.6) is 11.6 Å². The minimum atomic E-state index is 0.579. The van der Waals surface area contributed by atoms with E-state index in [1.807, 2.05) is 38.1 Å². The van der Waals surface area contributed by atoms with Crippen molar-refractivity contribution in [3.8, 4) is 11.6 Å². The second kappa shape index (κ2) is 7.41. The van der Waals surface area contributed by atoms with Gasteiger partial charge in [0.05, 0.1) is 0 Å². The fraction of sp³-hybridized carbons (Fsp3) is 0.375. The van der Waals surface area contributed by atoms with Gasteiger partial charge in [-0.2, -0.15) is 4.98 Å². The van der Waals surface area contributed by atoms with Crippen LogP contribution in [0.25, 0.3) is 0 Å². The van der Waals surface area contributed by atoms with Crippen LogP contribution in [0, 0.1) is 6.92 Å². The second-order valence-corrected chi connectivity index (χ2v) is 5.72. The molecule has 5 heteroatoms. The van der Waals surface area contributed by atoms with Crippen LogP contribution < -0.4 is 10.1 Å². The van der Waals surface area contributed by atoms with Crippen LogP contribution in [0.3, 0.4) is 0 Å². The highest BCUT2D eigenvalue weighted by molar-refractivity contribution is 9.10. The van der Waals surface area contributed by atoms with Gasteiger partial charge in [-0.15, -0.1) is 0 Å². The molecule has 0 saturated carbocycles. The molecule has 0 saturated heterocycles. The van der Waals surface area contributed by atoms with E-state index < -0.39 is 0 Å². The summed E-state index contributed by atoms with van der Waals surface area (Å²) in [6.07, 6.45) is 1.85. The first-order valence-corrected chi connectivity index (χ1v) is 7.97. The highest BCUT2D eigenvalue weighted by atomic mass is 79.9. The Morgan fingerprint density at radius 3 is 2.67 bits per heavy atom. The Labute approximate surface area is 134 Å². The number of nitrogens with one attached hydrogen (secondary N) is 1. The molecule has 0 aliphatic heterocycles. The van der Waals surface area contributed by atoms with Crippen molar-refractivity contribution < 1.29 is 4.74 Å². The molecule has 0 unspecified atom stereocenters. The monoisotopic (exact) mass is 349 g/mol. The fourth-order valence-corrected chi connectivity index (χ4v) is 2.45. The summed E-state index contributed by atoms with van der Waals surface area (Å²) >= 11 is 3.45. The molecule has 1 aromatic heterocycles. The molecule has 0 fully saturated rings. The molecule has 4 nitrogen and oxygen atoms in total. The SMILES string of the molecule is CCCc1nc(NCC)cc(Oc2ccc(Br)cc2C)n1. The van der Waals surface area contributed by atoms with Crippen LogP contribution in [0.15, 0.2) is 28.7 Å². The molecule has 0 radical (unpaired) electrons. The van der Waals surface area contributed by atoms with Gasteiger partial charge in [-0.1, -0.05) is 22.9 Å². The largest absolute Gasteiger partial charge is 0.439 e. The van der Waals surface area contributed by atoms with Gasteiger partial charge in [0.25, 0.3) is 0 Å². The standard InChI is InChI=1S/C16H20BrN3O/c1-4-6-14-19-15(18-5-2)10-16(20-14)21-13-8-7-12(17)9-11(13)3/h7-10H,4-6H2,1-3H3,(H,18,19,20). The Kier molecular flexibility index (Phi) is 5.56. The number of hydrogen-bond acceptors (Lipinski definition) is 4. The second-order valence-electron chi connectivity index (χ2n) is 4.80. The third kappa shape index (κ3) is 4.43. The number of ether oxygens (including phenoxy) is 1. The average molecular weight is 350 g/mol. The molecule has 0 bridgehead atoms. The number of nitrogens with zero attached hydrogens (tertiary/aromatic N) is 2. The van der Waals surface area contributed by atoms with Gasteiger partial charge in [0.2, 0.25) is 5.88 Å². The number of anilines is 1. The van der Waals surface area contributed by atoms with E-state index in [1.165, 1.54) is 0 Å². The van der Waals surface area contributed by atoms with Crippen molar-refractivity contribution in [3.05, 3.63) is 40.1 Å². The van der Waals surface area contributed by atoms with E-state index in [9.17, 15) is 0 Å². The Hall–Kier alpha value is -1.62. The maximum absolute atomic E-state index is 5.93. The molecule has 0 atom stereocenters. The lowest BCUT2D eigenvalue weighted by Gasteiger charge is -2.11. The number of benzene rings is 1. The summed E-state index contributed by atoms with van der Waals surface area (Å²) in [5.41, 5.74) is 1.06. The lowest BCUT2D eigenvalue weighted by molar-refractivity contribution is 0.455.